The van der Waals surface area contributed by atoms with E-state index in [4.69, 9.17) is 4.42 Å². The zero-order valence-corrected chi connectivity index (χ0v) is 17.5. The van der Waals surface area contributed by atoms with Gasteiger partial charge in [0, 0.05) is 10.9 Å². The summed E-state index contributed by atoms with van der Waals surface area (Å²) in [5.41, 5.74) is 2.76. The quantitative estimate of drug-likeness (QED) is 0.336. The Bertz CT molecular complexity index is 1580. The van der Waals surface area contributed by atoms with Gasteiger partial charge in [-0.3, -0.25) is 19.4 Å². The first-order valence-corrected chi connectivity index (χ1v) is 11.1. The Kier molecular flexibility index (Phi) is 4.24. The second-order valence-electron chi connectivity index (χ2n) is 8.64. The Morgan fingerprint density at radius 3 is 2.44 bits per heavy atom. The SMILES string of the molecule is O=c1ccc2c(oc3c(-c4ccccc4)c4c(=O)[nH]n(C5CCCCCC5)c4[nH]c32)c1O. The van der Waals surface area contributed by atoms with Gasteiger partial charge in [-0.15, -0.1) is 0 Å². The number of fused-ring (bicyclic) bond motifs is 4. The average Bonchev–Trinajstić information content (AvgIpc) is 3.20. The van der Waals surface area contributed by atoms with Gasteiger partial charge in [0.05, 0.1) is 16.9 Å². The number of nitrogens with one attached hydrogen (secondary N) is 2. The number of aromatic amines is 2. The van der Waals surface area contributed by atoms with Crippen LogP contribution in [0.5, 0.6) is 5.75 Å². The van der Waals surface area contributed by atoms with Crippen molar-refractivity contribution in [3.8, 4) is 16.9 Å². The fraction of sp³-hybridized carbons (Fsp3) is 0.280. The highest BCUT2D eigenvalue weighted by atomic mass is 16.4. The van der Waals surface area contributed by atoms with E-state index >= 15 is 0 Å². The van der Waals surface area contributed by atoms with Crippen LogP contribution >= 0.6 is 0 Å². The monoisotopic (exact) mass is 429 g/mol. The standard InChI is InChI=1S/C25H23N3O4/c29-17-13-12-16-20-23(32-22(16)21(17)30)18(14-8-4-3-5-9-14)19-24(26-20)28(27-25(19)31)15-10-6-1-2-7-11-15/h3-5,8-9,12-13,15,26,30H,1-2,6-7,10-11H2,(H,27,31). The van der Waals surface area contributed by atoms with Crippen LogP contribution in [0, 0.1) is 0 Å². The number of phenolic OH excluding ortho intramolecular Hbond substituents is 1. The van der Waals surface area contributed by atoms with E-state index < -0.39 is 11.2 Å². The number of pyridine rings is 1. The van der Waals surface area contributed by atoms with Gasteiger partial charge in [-0.05, 0) is 30.5 Å². The molecule has 0 radical (unpaired) electrons. The molecule has 2 aromatic carbocycles. The minimum atomic E-state index is -0.497. The number of aromatic hydroxyl groups is 1. The molecule has 0 unspecified atom stereocenters. The van der Waals surface area contributed by atoms with Crippen molar-refractivity contribution in [3.05, 3.63) is 63.0 Å². The van der Waals surface area contributed by atoms with E-state index in [9.17, 15) is 14.7 Å². The van der Waals surface area contributed by atoms with Crippen molar-refractivity contribution >= 4 is 33.1 Å². The van der Waals surface area contributed by atoms with Crippen LogP contribution in [0.25, 0.3) is 44.2 Å². The second kappa shape index (κ2) is 7.15. The van der Waals surface area contributed by atoms with Gasteiger partial charge in [-0.1, -0.05) is 56.0 Å². The first-order chi connectivity index (χ1) is 15.6. The maximum atomic E-state index is 13.3. The number of phenols is 1. The summed E-state index contributed by atoms with van der Waals surface area (Å²) < 4.78 is 8.03. The normalized spacial score (nSPS) is 15.6. The molecule has 0 aliphatic heterocycles. The molecule has 0 spiro atoms. The molecule has 1 fully saturated rings. The molecule has 1 aliphatic rings. The minimum Gasteiger partial charge on any atom is -0.502 e. The molecule has 7 heteroatoms. The lowest BCUT2D eigenvalue weighted by Gasteiger charge is -2.17. The van der Waals surface area contributed by atoms with Crippen LogP contribution in [0.15, 0.2) is 56.5 Å². The van der Waals surface area contributed by atoms with E-state index in [0.717, 1.165) is 31.2 Å². The fourth-order valence-electron chi connectivity index (χ4n) is 5.13. The summed E-state index contributed by atoms with van der Waals surface area (Å²) in [5.74, 6) is -0.420. The Hall–Kier alpha value is -3.74. The number of nitrogens with zero attached hydrogens (tertiary/aromatic N) is 1. The van der Waals surface area contributed by atoms with Crippen LogP contribution in [0.4, 0.5) is 0 Å². The summed E-state index contributed by atoms with van der Waals surface area (Å²) in [4.78, 5) is 28.7. The Balaban J connectivity index is 1.77. The summed E-state index contributed by atoms with van der Waals surface area (Å²) in [5, 5.41) is 14.6. The molecular weight excluding hydrogens is 406 g/mol. The van der Waals surface area contributed by atoms with Crippen molar-refractivity contribution in [1.29, 1.82) is 0 Å². The topological polar surface area (TPSA) is 104 Å². The van der Waals surface area contributed by atoms with Gasteiger partial charge in [0.1, 0.15) is 5.65 Å². The first kappa shape index (κ1) is 19.0. The Morgan fingerprint density at radius 1 is 0.938 bits per heavy atom. The molecule has 3 heterocycles. The molecule has 5 aromatic rings. The first-order valence-electron chi connectivity index (χ1n) is 11.1. The minimum absolute atomic E-state index is 0.131. The van der Waals surface area contributed by atoms with Gasteiger partial charge in [-0.25, -0.2) is 0 Å². The van der Waals surface area contributed by atoms with E-state index in [-0.39, 0.29) is 17.2 Å². The molecule has 7 nitrogen and oxygen atoms in total. The number of hydrogen-bond donors (Lipinski definition) is 3. The van der Waals surface area contributed by atoms with Gasteiger partial charge in [0.2, 0.25) is 11.2 Å². The summed E-state index contributed by atoms with van der Waals surface area (Å²) >= 11 is 0. The van der Waals surface area contributed by atoms with Crippen LogP contribution in [-0.4, -0.2) is 19.9 Å². The number of H-pyrrole nitrogens is 2. The van der Waals surface area contributed by atoms with Crippen LogP contribution < -0.4 is 11.0 Å². The summed E-state index contributed by atoms with van der Waals surface area (Å²) in [7, 11) is 0. The molecule has 0 bridgehead atoms. The van der Waals surface area contributed by atoms with Crippen molar-refractivity contribution in [3.63, 3.8) is 0 Å². The predicted octanol–water partition coefficient (Wildman–Crippen LogP) is 5.19. The molecule has 0 atom stereocenters. The van der Waals surface area contributed by atoms with Crippen molar-refractivity contribution in [2.45, 2.75) is 44.6 Å². The Labute approximate surface area is 182 Å². The maximum Gasteiger partial charge on any atom is 0.274 e. The van der Waals surface area contributed by atoms with Crippen LogP contribution in [-0.2, 0) is 0 Å². The molecule has 0 saturated heterocycles. The van der Waals surface area contributed by atoms with Gasteiger partial charge >= 0.3 is 0 Å². The van der Waals surface area contributed by atoms with Crippen LogP contribution in [0.2, 0.25) is 0 Å². The van der Waals surface area contributed by atoms with Crippen LogP contribution in [0.3, 0.4) is 0 Å². The van der Waals surface area contributed by atoms with Gasteiger partial charge in [0.25, 0.3) is 5.56 Å². The fourth-order valence-corrected chi connectivity index (χ4v) is 5.13. The Morgan fingerprint density at radius 2 is 1.69 bits per heavy atom. The molecule has 1 saturated carbocycles. The van der Waals surface area contributed by atoms with Crippen molar-refractivity contribution in [2.24, 2.45) is 0 Å². The van der Waals surface area contributed by atoms with E-state index in [2.05, 4.69) is 10.1 Å². The van der Waals surface area contributed by atoms with Crippen molar-refractivity contribution in [1.82, 2.24) is 14.8 Å². The third-order valence-electron chi connectivity index (χ3n) is 6.69. The van der Waals surface area contributed by atoms with E-state index in [1.165, 1.54) is 18.9 Å². The highest BCUT2D eigenvalue weighted by Crippen LogP contribution is 2.40. The third-order valence-corrected chi connectivity index (χ3v) is 6.69. The lowest BCUT2D eigenvalue weighted by Crippen LogP contribution is -2.13. The van der Waals surface area contributed by atoms with E-state index in [1.807, 2.05) is 35.0 Å². The average molecular weight is 429 g/mol. The van der Waals surface area contributed by atoms with Crippen molar-refractivity contribution in [2.75, 3.05) is 0 Å². The van der Waals surface area contributed by atoms with Crippen molar-refractivity contribution < 1.29 is 9.52 Å². The van der Waals surface area contributed by atoms with Crippen LogP contribution in [0.1, 0.15) is 44.6 Å². The number of benzene rings is 2. The molecule has 1 aliphatic carbocycles. The summed E-state index contributed by atoms with van der Waals surface area (Å²) in [6.07, 6.45) is 6.72. The van der Waals surface area contributed by atoms with Gasteiger partial charge < -0.3 is 14.5 Å². The molecular formula is C25H23N3O4. The lowest BCUT2D eigenvalue weighted by molar-refractivity contribution is 0.413. The zero-order chi connectivity index (χ0) is 21.8. The summed E-state index contributed by atoms with van der Waals surface area (Å²) in [6.45, 7) is 0. The molecule has 3 aromatic heterocycles. The number of furan rings is 1. The third kappa shape index (κ3) is 2.74. The predicted molar refractivity (Wildman–Crippen MR) is 124 cm³/mol. The second-order valence-corrected chi connectivity index (χ2v) is 8.64. The maximum absolute atomic E-state index is 13.3. The zero-order valence-electron chi connectivity index (χ0n) is 17.5. The number of hydrogen-bond acceptors (Lipinski definition) is 4. The highest BCUT2D eigenvalue weighted by molar-refractivity contribution is 6.15. The van der Waals surface area contributed by atoms with E-state index in [1.54, 1.807) is 6.07 Å². The van der Waals surface area contributed by atoms with E-state index in [0.29, 0.717) is 33.1 Å². The molecule has 0 amide bonds. The highest BCUT2D eigenvalue weighted by Gasteiger charge is 2.25. The molecule has 6 rings (SSSR count). The molecule has 162 valence electrons. The number of rotatable bonds is 2. The largest absolute Gasteiger partial charge is 0.502 e. The van der Waals surface area contributed by atoms with Gasteiger partial charge in [0.15, 0.2) is 11.2 Å². The molecule has 3 N–H and O–H groups in total. The molecule has 32 heavy (non-hydrogen) atoms. The smallest absolute Gasteiger partial charge is 0.274 e. The van der Waals surface area contributed by atoms with Gasteiger partial charge in [-0.2, -0.15) is 0 Å². The lowest BCUT2D eigenvalue weighted by atomic mass is 10.0. The number of aromatic nitrogens is 3. The summed E-state index contributed by atoms with van der Waals surface area (Å²) in [6, 6.07) is 12.8.